The SMILES string of the molecule is CN(C)c1ncc(C2(O)CC2)s1. The second kappa shape index (κ2) is 2.44. The lowest BCUT2D eigenvalue weighted by Crippen LogP contribution is -2.07. The minimum atomic E-state index is -0.522. The highest BCUT2D eigenvalue weighted by molar-refractivity contribution is 7.15. The third-order valence-electron chi connectivity index (χ3n) is 2.06. The molecule has 0 aliphatic heterocycles. The van der Waals surface area contributed by atoms with Gasteiger partial charge in [0.05, 0.1) is 4.88 Å². The van der Waals surface area contributed by atoms with Crippen molar-refractivity contribution in [2.24, 2.45) is 0 Å². The van der Waals surface area contributed by atoms with E-state index >= 15 is 0 Å². The first-order valence-electron chi connectivity index (χ1n) is 3.98. The molecule has 1 heterocycles. The molecule has 1 saturated carbocycles. The number of anilines is 1. The van der Waals surface area contributed by atoms with Gasteiger partial charge in [-0.25, -0.2) is 4.98 Å². The largest absolute Gasteiger partial charge is 0.384 e. The Balaban J connectivity index is 2.25. The summed E-state index contributed by atoms with van der Waals surface area (Å²) in [4.78, 5) is 7.17. The van der Waals surface area contributed by atoms with E-state index in [2.05, 4.69) is 4.98 Å². The van der Waals surface area contributed by atoms with Crippen molar-refractivity contribution in [2.75, 3.05) is 19.0 Å². The molecule has 0 spiro atoms. The fourth-order valence-electron chi connectivity index (χ4n) is 1.05. The number of rotatable bonds is 2. The molecule has 1 aliphatic rings. The van der Waals surface area contributed by atoms with Crippen molar-refractivity contribution in [3.8, 4) is 0 Å². The third-order valence-corrected chi connectivity index (χ3v) is 3.42. The molecule has 0 aromatic carbocycles. The second-order valence-electron chi connectivity index (χ2n) is 3.43. The van der Waals surface area contributed by atoms with Crippen LogP contribution in [0.4, 0.5) is 5.13 Å². The Labute approximate surface area is 75.7 Å². The molecule has 0 radical (unpaired) electrons. The van der Waals surface area contributed by atoms with E-state index in [4.69, 9.17) is 0 Å². The van der Waals surface area contributed by atoms with E-state index in [9.17, 15) is 5.11 Å². The molecule has 0 atom stereocenters. The van der Waals surface area contributed by atoms with Crippen LogP contribution < -0.4 is 4.90 Å². The van der Waals surface area contributed by atoms with E-state index in [0.29, 0.717) is 0 Å². The summed E-state index contributed by atoms with van der Waals surface area (Å²) in [5.74, 6) is 0. The van der Waals surface area contributed by atoms with E-state index in [1.807, 2.05) is 19.0 Å². The van der Waals surface area contributed by atoms with Crippen LogP contribution >= 0.6 is 11.3 Å². The van der Waals surface area contributed by atoms with Gasteiger partial charge in [0.25, 0.3) is 0 Å². The number of aliphatic hydroxyl groups is 1. The minimum absolute atomic E-state index is 0.522. The van der Waals surface area contributed by atoms with Crippen LogP contribution in [0.15, 0.2) is 6.20 Å². The smallest absolute Gasteiger partial charge is 0.185 e. The fourth-order valence-corrected chi connectivity index (χ4v) is 2.04. The molecule has 1 fully saturated rings. The van der Waals surface area contributed by atoms with Crippen LogP contribution in [0.1, 0.15) is 17.7 Å². The quantitative estimate of drug-likeness (QED) is 0.750. The first kappa shape index (κ1) is 8.01. The van der Waals surface area contributed by atoms with Crippen LogP contribution in [0.3, 0.4) is 0 Å². The van der Waals surface area contributed by atoms with E-state index in [-0.39, 0.29) is 0 Å². The molecule has 66 valence electrons. The van der Waals surface area contributed by atoms with E-state index in [0.717, 1.165) is 22.9 Å². The maximum Gasteiger partial charge on any atom is 0.185 e. The van der Waals surface area contributed by atoms with Gasteiger partial charge in [-0.15, -0.1) is 0 Å². The number of hydrogen-bond donors (Lipinski definition) is 1. The maximum absolute atomic E-state index is 9.75. The van der Waals surface area contributed by atoms with Crippen molar-refractivity contribution in [3.63, 3.8) is 0 Å². The molecule has 4 heteroatoms. The highest BCUT2D eigenvalue weighted by Crippen LogP contribution is 2.48. The lowest BCUT2D eigenvalue weighted by Gasteiger charge is -2.06. The predicted molar refractivity (Wildman–Crippen MR) is 49.6 cm³/mol. The van der Waals surface area contributed by atoms with Crippen LogP contribution in [0, 0.1) is 0 Å². The van der Waals surface area contributed by atoms with Gasteiger partial charge in [-0.05, 0) is 12.8 Å². The molecular weight excluding hydrogens is 172 g/mol. The zero-order valence-electron chi connectivity index (χ0n) is 7.24. The Morgan fingerprint density at radius 3 is 2.67 bits per heavy atom. The van der Waals surface area contributed by atoms with Crippen molar-refractivity contribution in [2.45, 2.75) is 18.4 Å². The van der Waals surface area contributed by atoms with Crippen molar-refractivity contribution < 1.29 is 5.11 Å². The van der Waals surface area contributed by atoms with Gasteiger partial charge in [0.1, 0.15) is 5.60 Å². The average Bonchev–Trinajstić information content (AvgIpc) is 2.61. The van der Waals surface area contributed by atoms with Gasteiger partial charge in [0.15, 0.2) is 5.13 Å². The van der Waals surface area contributed by atoms with Gasteiger partial charge in [-0.2, -0.15) is 0 Å². The number of hydrogen-bond acceptors (Lipinski definition) is 4. The lowest BCUT2D eigenvalue weighted by molar-refractivity contribution is 0.155. The maximum atomic E-state index is 9.75. The highest BCUT2D eigenvalue weighted by Gasteiger charge is 2.43. The summed E-state index contributed by atoms with van der Waals surface area (Å²) in [5, 5.41) is 10.7. The number of aromatic nitrogens is 1. The van der Waals surface area contributed by atoms with Gasteiger partial charge in [0, 0.05) is 20.3 Å². The summed E-state index contributed by atoms with van der Waals surface area (Å²) in [6.07, 6.45) is 3.57. The summed E-state index contributed by atoms with van der Waals surface area (Å²) in [5.41, 5.74) is -0.522. The summed E-state index contributed by atoms with van der Waals surface area (Å²) in [6.45, 7) is 0. The van der Waals surface area contributed by atoms with Gasteiger partial charge in [-0.1, -0.05) is 11.3 Å². The Bertz CT molecular complexity index is 291. The summed E-state index contributed by atoms with van der Waals surface area (Å²) in [7, 11) is 3.92. The van der Waals surface area contributed by atoms with E-state index in [1.54, 1.807) is 17.5 Å². The molecule has 0 amide bonds. The molecule has 0 unspecified atom stereocenters. The molecule has 12 heavy (non-hydrogen) atoms. The van der Waals surface area contributed by atoms with Crippen molar-refractivity contribution in [1.82, 2.24) is 4.98 Å². The van der Waals surface area contributed by atoms with Crippen molar-refractivity contribution in [1.29, 1.82) is 0 Å². The minimum Gasteiger partial charge on any atom is -0.384 e. The zero-order chi connectivity index (χ0) is 8.77. The fraction of sp³-hybridized carbons (Fsp3) is 0.625. The Kier molecular flexibility index (Phi) is 1.63. The van der Waals surface area contributed by atoms with E-state index in [1.165, 1.54) is 0 Å². The normalized spacial score (nSPS) is 19.2. The number of thiazole rings is 1. The van der Waals surface area contributed by atoms with Crippen molar-refractivity contribution in [3.05, 3.63) is 11.1 Å². The molecular formula is C8H12N2OS. The molecule has 0 saturated heterocycles. The molecule has 1 aliphatic carbocycles. The predicted octanol–water partition coefficient (Wildman–Crippen LogP) is 1.19. The lowest BCUT2D eigenvalue weighted by atomic mass is 10.3. The zero-order valence-corrected chi connectivity index (χ0v) is 8.06. The standard InChI is InChI=1S/C8H12N2OS/c1-10(2)7-9-5-6(12-7)8(11)3-4-8/h5,11H,3-4H2,1-2H3. The summed E-state index contributed by atoms with van der Waals surface area (Å²) in [6, 6.07) is 0. The van der Waals surface area contributed by atoms with Crippen LogP contribution in [-0.2, 0) is 5.60 Å². The molecule has 2 rings (SSSR count). The first-order valence-corrected chi connectivity index (χ1v) is 4.79. The average molecular weight is 184 g/mol. The topological polar surface area (TPSA) is 36.4 Å². The monoisotopic (exact) mass is 184 g/mol. The van der Waals surface area contributed by atoms with E-state index < -0.39 is 5.60 Å². The molecule has 1 N–H and O–H groups in total. The van der Waals surface area contributed by atoms with Crippen molar-refractivity contribution >= 4 is 16.5 Å². The van der Waals surface area contributed by atoms with Crippen LogP contribution in [0.2, 0.25) is 0 Å². The van der Waals surface area contributed by atoms with Crippen LogP contribution in [0.25, 0.3) is 0 Å². The molecule has 1 aromatic heterocycles. The highest BCUT2D eigenvalue weighted by atomic mass is 32.1. The summed E-state index contributed by atoms with van der Waals surface area (Å²) >= 11 is 1.58. The van der Waals surface area contributed by atoms with Gasteiger partial charge < -0.3 is 10.0 Å². The molecule has 1 aromatic rings. The third kappa shape index (κ3) is 1.21. The van der Waals surface area contributed by atoms with Gasteiger partial charge in [0.2, 0.25) is 0 Å². The number of nitrogens with zero attached hydrogens (tertiary/aromatic N) is 2. The first-order chi connectivity index (χ1) is 5.62. The second-order valence-corrected chi connectivity index (χ2v) is 4.44. The Hall–Kier alpha value is -0.610. The Morgan fingerprint density at radius 2 is 2.25 bits per heavy atom. The summed E-state index contributed by atoms with van der Waals surface area (Å²) < 4.78 is 0. The van der Waals surface area contributed by atoms with Gasteiger partial charge >= 0.3 is 0 Å². The van der Waals surface area contributed by atoms with Crippen LogP contribution in [-0.4, -0.2) is 24.2 Å². The Morgan fingerprint density at radius 1 is 1.58 bits per heavy atom. The van der Waals surface area contributed by atoms with Crippen LogP contribution in [0.5, 0.6) is 0 Å². The van der Waals surface area contributed by atoms with Gasteiger partial charge in [-0.3, -0.25) is 0 Å². The molecule has 3 nitrogen and oxygen atoms in total. The molecule has 0 bridgehead atoms.